The first-order valence-electron chi connectivity index (χ1n) is 6.17. The molecule has 0 spiro atoms. The molecule has 5 heteroatoms. The van der Waals surface area contributed by atoms with Crippen LogP contribution >= 0.6 is 0 Å². The molecule has 1 aromatic rings. The Morgan fingerprint density at radius 3 is 2.94 bits per heavy atom. The van der Waals surface area contributed by atoms with E-state index in [0.717, 1.165) is 12.1 Å². The number of aromatic nitrogens is 1. The summed E-state index contributed by atoms with van der Waals surface area (Å²) < 4.78 is 12.8. The Bertz CT molecular complexity index is 421. The summed E-state index contributed by atoms with van der Waals surface area (Å²) in [4.78, 5) is 17.2. The average Bonchev–Trinajstić information content (AvgIpc) is 2.34. The van der Waals surface area contributed by atoms with Gasteiger partial charge in [-0.25, -0.2) is 4.39 Å². The fraction of sp³-hybridized carbons (Fsp3) is 0.538. The fourth-order valence-corrected chi connectivity index (χ4v) is 2.23. The lowest BCUT2D eigenvalue weighted by Gasteiger charge is -2.32. The highest BCUT2D eigenvalue weighted by Gasteiger charge is 2.24. The molecule has 2 unspecified atom stereocenters. The summed E-state index contributed by atoms with van der Waals surface area (Å²) in [6, 6.07) is 3.42. The lowest BCUT2D eigenvalue weighted by atomic mass is 10.0. The van der Waals surface area contributed by atoms with Crippen molar-refractivity contribution in [3.05, 3.63) is 29.8 Å². The standard InChI is InChI=1S/C13H18FN3O/c1-9(12-5-3-10(14)7-15-12)16-11-4-6-13(18)17(2)8-11/h3,5,7,9,11,16H,4,6,8H2,1-2H3. The Balaban J connectivity index is 1.93. The van der Waals surface area contributed by atoms with Crippen molar-refractivity contribution in [2.45, 2.75) is 31.8 Å². The highest BCUT2D eigenvalue weighted by atomic mass is 19.1. The van der Waals surface area contributed by atoms with Gasteiger partial charge < -0.3 is 10.2 Å². The van der Waals surface area contributed by atoms with Gasteiger partial charge in [0.25, 0.3) is 0 Å². The van der Waals surface area contributed by atoms with Gasteiger partial charge in [-0.2, -0.15) is 0 Å². The van der Waals surface area contributed by atoms with Crippen LogP contribution in [-0.4, -0.2) is 35.4 Å². The second-order valence-corrected chi connectivity index (χ2v) is 4.80. The van der Waals surface area contributed by atoms with Crippen LogP contribution in [0.25, 0.3) is 0 Å². The van der Waals surface area contributed by atoms with E-state index in [-0.39, 0.29) is 23.8 Å². The van der Waals surface area contributed by atoms with Gasteiger partial charge in [0.15, 0.2) is 0 Å². The number of hydrogen-bond acceptors (Lipinski definition) is 3. The number of hydrogen-bond donors (Lipinski definition) is 1. The Hall–Kier alpha value is -1.49. The fourth-order valence-electron chi connectivity index (χ4n) is 2.23. The predicted molar refractivity (Wildman–Crippen MR) is 66.4 cm³/mol. The van der Waals surface area contributed by atoms with E-state index in [4.69, 9.17) is 0 Å². The molecule has 1 amide bonds. The van der Waals surface area contributed by atoms with E-state index in [1.807, 2.05) is 14.0 Å². The zero-order chi connectivity index (χ0) is 13.1. The first kappa shape index (κ1) is 13.0. The molecule has 18 heavy (non-hydrogen) atoms. The Labute approximate surface area is 106 Å². The molecule has 2 heterocycles. The maximum absolute atomic E-state index is 12.8. The van der Waals surface area contributed by atoms with Gasteiger partial charge >= 0.3 is 0 Å². The number of pyridine rings is 1. The quantitative estimate of drug-likeness (QED) is 0.885. The second kappa shape index (κ2) is 5.44. The molecule has 2 rings (SSSR count). The first-order valence-corrected chi connectivity index (χ1v) is 6.17. The lowest BCUT2D eigenvalue weighted by Crippen LogP contribution is -2.47. The molecule has 1 N–H and O–H groups in total. The number of piperidine rings is 1. The van der Waals surface area contributed by atoms with Crippen LogP contribution in [0.15, 0.2) is 18.3 Å². The molecule has 2 atom stereocenters. The summed E-state index contributed by atoms with van der Waals surface area (Å²) in [5.74, 6) is -0.130. The second-order valence-electron chi connectivity index (χ2n) is 4.80. The summed E-state index contributed by atoms with van der Waals surface area (Å²) in [5, 5.41) is 3.43. The summed E-state index contributed by atoms with van der Waals surface area (Å²) in [6.07, 6.45) is 2.65. The number of carbonyl (C=O) groups excluding carboxylic acids is 1. The molecule has 0 saturated carbocycles. The highest BCUT2D eigenvalue weighted by Crippen LogP contribution is 2.15. The van der Waals surface area contributed by atoms with Gasteiger partial charge in [0.1, 0.15) is 5.82 Å². The number of nitrogens with one attached hydrogen (secondary N) is 1. The maximum Gasteiger partial charge on any atom is 0.222 e. The van der Waals surface area contributed by atoms with E-state index >= 15 is 0 Å². The van der Waals surface area contributed by atoms with Crippen molar-refractivity contribution in [1.29, 1.82) is 0 Å². The van der Waals surface area contributed by atoms with Crippen LogP contribution in [0.2, 0.25) is 0 Å². The molecule has 4 nitrogen and oxygen atoms in total. The number of rotatable bonds is 3. The van der Waals surface area contributed by atoms with Gasteiger partial charge in [-0.15, -0.1) is 0 Å². The summed E-state index contributed by atoms with van der Waals surface area (Å²) in [5.41, 5.74) is 0.816. The van der Waals surface area contributed by atoms with Gasteiger partial charge in [0.2, 0.25) is 5.91 Å². The van der Waals surface area contributed by atoms with Crippen LogP contribution in [0.1, 0.15) is 31.5 Å². The number of likely N-dealkylation sites (N-methyl/N-ethyl adjacent to an activating group) is 1. The molecule has 0 aromatic carbocycles. The minimum absolute atomic E-state index is 0.0530. The summed E-state index contributed by atoms with van der Waals surface area (Å²) in [7, 11) is 1.82. The van der Waals surface area contributed by atoms with Crippen LogP contribution in [0.3, 0.4) is 0 Å². The normalized spacial score (nSPS) is 22.1. The zero-order valence-electron chi connectivity index (χ0n) is 10.7. The molecule has 1 fully saturated rings. The Kier molecular flexibility index (Phi) is 3.91. The number of likely N-dealkylation sites (tertiary alicyclic amines) is 1. The molecule has 1 saturated heterocycles. The monoisotopic (exact) mass is 251 g/mol. The van der Waals surface area contributed by atoms with E-state index < -0.39 is 0 Å². The summed E-state index contributed by atoms with van der Waals surface area (Å²) in [6.45, 7) is 2.71. The third kappa shape index (κ3) is 3.04. The molecule has 1 aliphatic rings. The molecule has 0 aliphatic carbocycles. The van der Waals surface area contributed by atoms with E-state index in [0.29, 0.717) is 13.0 Å². The zero-order valence-corrected chi connectivity index (χ0v) is 10.7. The first-order chi connectivity index (χ1) is 8.56. The maximum atomic E-state index is 12.8. The van der Waals surface area contributed by atoms with Crippen LogP contribution in [-0.2, 0) is 4.79 Å². The average molecular weight is 251 g/mol. The predicted octanol–water partition coefficient (Wildman–Crippen LogP) is 1.49. The topological polar surface area (TPSA) is 45.2 Å². The minimum atomic E-state index is -0.325. The van der Waals surface area contributed by atoms with Crippen molar-refractivity contribution >= 4 is 5.91 Å². The van der Waals surface area contributed by atoms with Gasteiger partial charge in [0, 0.05) is 32.1 Å². The lowest BCUT2D eigenvalue weighted by molar-refractivity contribution is -0.132. The highest BCUT2D eigenvalue weighted by molar-refractivity contribution is 5.76. The molecule has 98 valence electrons. The molecular formula is C13H18FN3O. The van der Waals surface area contributed by atoms with E-state index in [1.54, 1.807) is 11.0 Å². The van der Waals surface area contributed by atoms with Gasteiger partial charge in [0.05, 0.1) is 11.9 Å². The smallest absolute Gasteiger partial charge is 0.222 e. The van der Waals surface area contributed by atoms with Crippen molar-refractivity contribution in [1.82, 2.24) is 15.2 Å². The number of halogens is 1. The van der Waals surface area contributed by atoms with Gasteiger partial charge in [-0.3, -0.25) is 9.78 Å². The van der Waals surface area contributed by atoms with Crippen LogP contribution in [0, 0.1) is 5.82 Å². The number of nitrogens with zero attached hydrogens (tertiary/aromatic N) is 2. The third-order valence-electron chi connectivity index (χ3n) is 3.31. The molecule has 1 aliphatic heterocycles. The van der Waals surface area contributed by atoms with Gasteiger partial charge in [-0.05, 0) is 25.5 Å². The SMILES string of the molecule is CC(NC1CCC(=O)N(C)C1)c1ccc(F)cn1. The number of carbonyl (C=O) groups is 1. The molecule has 0 radical (unpaired) electrons. The largest absolute Gasteiger partial charge is 0.344 e. The van der Waals surface area contributed by atoms with Crippen LogP contribution < -0.4 is 5.32 Å². The van der Waals surface area contributed by atoms with Crippen molar-refractivity contribution in [2.75, 3.05) is 13.6 Å². The van der Waals surface area contributed by atoms with Crippen molar-refractivity contribution in [2.24, 2.45) is 0 Å². The van der Waals surface area contributed by atoms with Crippen LogP contribution in [0.4, 0.5) is 4.39 Å². The molecular weight excluding hydrogens is 233 g/mol. The van der Waals surface area contributed by atoms with Crippen molar-refractivity contribution in [3.8, 4) is 0 Å². The van der Waals surface area contributed by atoms with E-state index in [2.05, 4.69) is 10.3 Å². The third-order valence-corrected chi connectivity index (χ3v) is 3.31. The molecule has 1 aromatic heterocycles. The van der Waals surface area contributed by atoms with Gasteiger partial charge in [-0.1, -0.05) is 0 Å². The van der Waals surface area contributed by atoms with E-state index in [9.17, 15) is 9.18 Å². The van der Waals surface area contributed by atoms with Crippen LogP contribution in [0.5, 0.6) is 0 Å². The Morgan fingerprint density at radius 2 is 2.33 bits per heavy atom. The van der Waals surface area contributed by atoms with Crippen molar-refractivity contribution < 1.29 is 9.18 Å². The summed E-state index contributed by atoms with van der Waals surface area (Å²) >= 11 is 0. The van der Waals surface area contributed by atoms with E-state index in [1.165, 1.54) is 12.3 Å². The number of amides is 1. The van der Waals surface area contributed by atoms with Crippen molar-refractivity contribution in [3.63, 3.8) is 0 Å². The molecule has 0 bridgehead atoms. The minimum Gasteiger partial charge on any atom is -0.344 e. The Morgan fingerprint density at radius 1 is 1.56 bits per heavy atom.